The number of nitrogens with zero attached hydrogens (tertiary/aromatic N) is 2. The van der Waals surface area contributed by atoms with Gasteiger partial charge in [-0.05, 0) is 114 Å². The van der Waals surface area contributed by atoms with Crippen molar-refractivity contribution in [2.24, 2.45) is 0 Å². The van der Waals surface area contributed by atoms with Gasteiger partial charge in [-0.3, -0.25) is 19.1 Å². The van der Waals surface area contributed by atoms with Crippen molar-refractivity contribution in [1.82, 2.24) is 9.47 Å². The van der Waals surface area contributed by atoms with E-state index < -0.39 is 18.0 Å². The predicted octanol–water partition coefficient (Wildman–Crippen LogP) is 9.95. The van der Waals surface area contributed by atoms with Crippen LogP contribution in [0.4, 0.5) is 5.69 Å². The summed E-state index contributed by atoms with van der Waals surface area (Å²) in [5, 5.41) is 1.60. The summed E-state index contributed by atoms with van der Waals surface area (Å²) >= 11 is 9.38. The van der Waals surface area contributed by atoms with Crippen LogP contribution in [-0.4, -0.2) is 53.6 Å². The van der Waals surface area contributed by atoms with Gasteiger partial charge in [0.05, 0.1) is 23.9 Å². The van der Waals surface area contributed by atoms with Gasteiger partial charge in [0.25, 0.3) is 5.91 Å². The minimum atomic E-state index is -0.697. The molecule has 5 aromatic rings. The van der Waals surface area contributed by atoms with Gasteiger partial charge in [-0.15, -0.1) is 0 Å². The molecule has 0 aliphatic heterocycles. The number of hydrogen-bond donors (Lipinski definition) is 1. The summed E-state index contributed by atoms with van der Waals surface area (Å²) in [6, 6.07) is 27.9. The molecule has 1 fully saturated rings. The van der Waals surface area contributed by atoms with Crippen molar-refractivity contribution >= 4 is 62.0 Å². The number of aryl methyl sites for hydroxylation is 1. The molecule has 1 aliphatic carbocycles. The maximum absolute atomic E-state index is 13.1. The highest BCUT2D eigenvalue weighted by molar-refractivity contribution is 9.10. The molecule has 0 radical (unpaired) electrons. The quantitative estimate of drug-likeness (QED) is 0.104. The van der Waals surface area contributed by atoms with E-state index in [2.05, 4.69) is 27.8 Å². The smallest absolute Gasteiger partial charge is 0.338 e. The average Bonchev–Trinajstić information content (AvgIpc) is 3.52. The van der Waals surface area contributed by atoms with Crippen LogP contribution in [0.15, 0.2) is 95.5 Å². The molecule has 284 valence electrons. The predicted molar refractivity (Wildman–Crippen MR) is 217 cm³/mol. The van der Waals surface area contributed by atoms with E-state index in [1.807, 2.05) is 67.6 Å². The second kappa shape index (κ2) is 19.1. The molecule has 1 saturated carbocycles. The van der Waals surface area contributed by atoms with Crippen LogP contribution in [0.25, 0.3) is 10.9 Å². The fourth-order valence-electron chi connectivity index (χ4n) is 6.79. The van der Waals surface area contributed by atoms with Crippen molar-refractivity contribution in [2.75, 3.05) is 26.0 Å². The lowest BCUT2D eigenvalue weighted by Gasteiger charge is -2.34. The summed E-state index contributed by atoms with van der Waals surface area (Å²) in [6.07, 6.45) is 5.53. The van der Waals surface area contributed by atoms with Gasteiger partial charge in [-0.1, -0.05) is 68.1 Å². The Morgan fingerprint density at radius 3 is 2.30 bits per heavy atom. The van der Waals surface area contributed by atoms with Crippen molar-refractivity contribution in [2.45, 2.75) is 71.6 Å². The van der Waals surface area contributed by atoms with E-state index >= 15 is 0 Å². The highest BCUT2D eigenvalue weighted by atomic mass is 79.9. The Morgan fingerprint density at radius 2 is 1.65 bits per heavy atom. The van der Waals surface area contributed by atoms with Crippen LogP contribution in [0.2, 0.25) is 5.02 Å². The van der Waals surface area contributed by atoms with Crippen LogP contribution in [0.1, 0.15) is 89.6 Å². The first-order chi connectivity index (χ1) is 26.0. The zero-order valence-electron chi connectivity index (χ0n) is 31.1. The third-order valence-electron chi connectivity index (χ3n) is 9.67. The first-order valence-corrected chi connectivity index (χ1v) is 19.3. The van der Waals surface area contributed by atoms with Gasteiger partial charge >= 0.3 is 11.9 Å². The molecule has 0 bridgehead atoms. The molecule has 2 N–H and O–H groups in total. The molecule has 11 heteroatoms. The summed E-state index contributed by atoms with van der Waals surface area (Å²) in [6.45, 7) is 6.98. The number of methoxy groups -OCH3 is 1. The zero-order chi connectivity index (χ0) is 38.8. The van der Waals surface area contributed by atoms with Gasteiger partial charge < -0.3 is 19.9 Å². The van der Waals surface area contributed by atoms with Crippen LogP contribution >= 0.6 is 27.5 Å². The summed E-state index contributed by atoms with van der Waals surface area (Å²) in [5.74, 6) is -0.200. The molecule has 54 heavy (non-hydrogen) atoms. The number of nitrogen functional groups attached to an aromatic ring is 1. The van der Waals surface area contributed by atoms with E-state index in [1.54, 1.807) is 42.0 Å². The Hall–Kier alpha value is -4.64. The van der Waals surface area contributed by atoms with Crippen molar-refractivity contribution < 1.29 is 28.6 Å². The van der Waals surface area contributed by atoms with Crippen LogP contribution in [0.5, 0.6) is 5.75 Å². The lowest BCUT2D eigenvalue weighted by Crippen LogP contribution is -2.36. The van der Waals surface area contributed by atoms with E-state index in [9.17, 15) is 14.4 Å². The normalized spacial score (nSPS) is 13.5. The molecule has 0 spiro atoms. The maximum atomic E-state index is 13.1. The largest absolute Gasteiger partial charge is 0.497 e. The molecule has 0 saturated heterocycles. The van der Waals surface area contributed by atoms with Crippen molar-refractivity contribution in [3.63, 3.8) is 0 Å². The summed E-state index contributed by atoms with van der Waals surface area (Å²) in [7, 11) is 1.63. The Morgan fingerprint density at radius 1 is 0.944 bits per heavy atom. The monoisotopic (exact) mass is 815 g/mol. The highest BCUT2D eigenvalue weighted by Gasteiger charge is 2.24. The average molecular weight is 817 g/mol. The number of esters is 2. The zero-order valence-corrected chi connectivity index (χ0v) is 33.5. The number of carbonyl (C=O) groups excluding carboxylic acids is 3. The first-order valence-electron chi connectivity index (χ1n) is 18.2. The summed E-state index contributed by atoms with van der Waals surface area (Å²) in [5.41, 5.74) is 11.5. The third kappa shape index (κ3) is 10.3. The molecule has 1 heterocycles. The van der Waals surface area contributed by atoms with Crippen LogP contribution in [0, 0.1) is 6.92 Å². The summed E-state index contributed by atoms with van der Waals surface area (Å²) in [4.78, 5) is 39.6. The molecule has 1 aliphatic rings. The molecule has 4 aromatic carbocycles. The van der Waals surface area contributed by atoms with Crippen molar-refractivity contribution in [3.8, 4) is 5.75 Å². The van der Waals surface area contributed by atoms with Gasteiger partial charge in [0.2, 0.25) is 0 Å². The van der Waals surface area contributed by atoms with E-state index in [4.69, 9.17) is 31.5 Å². The SMILES string of the molecule is CCN(Cc1cc(C(=O)OC(COC(C)=O)c2ccccc2)cc(Br)c1N)C1CCCCC1.COc1ccc2c(c1)cc(C)n2C(=O)c1ccc(Cl)cc1. The van der Waals surface area contributed by atoms with E-state index in [1.165, 1.54) is 39.0 Å². The fraction of sp³-hybridized carbons (Fsp3) is 0.326. The minimum absolute atomic E-state index is 0.0423. The Balaban J connectivity index is 0.000000228. The van der Waals surface area contributed by atoms with Crippen LogP contribution in [-0.2, 0) is 20.8 Å². The highest BCUT2D eigenvalue weighted by Crippen LogP contribution is 2.31. The Labute approximate surface area is 330 Å². The fourth-order valence-corrected chi connectivity index (χ4v) is 7.42. The topological polar surface area (TPSA) is 113 Å². The number of rotatable bonds is 11. The number of anilines is 1. The number of nitrogens with two attached hydrogens (primary N) is 1. The van der Waals surface area contributed by atoms with Gasteiger partial charge in [0, 0.05) is 45.6 Å². The molecular formula is C43H47BrClN3O6. The number of carbonyl (C=O) groups is 3. The minimum Gasteiger partial charge on any atom is -0.497 e. The second-order valence-corrected chi connectivity index (χ2v) is 14.6. The second-order valence-electron chi connectivity index (χ2n) is 13.4. The molecular weight excluding hydrogens is 770 g/mol. The van der Waals surface area contributed by atoms with Crippen molar-refractivity contribution in [1.29, 1.82) is 0 Å². The van der Waals surface area contributed by atoms with Gasteiger partial charge in [0.1, 0.15) is 12.4 Å². The first kappa shape index (κ1) is 40.5. The molecule has 1 unspecified atom stereocenters. The summed E-state index contributed by atoms with van der Waals surface area (Å²) < 4.78 is 18.5. The van der Waals surface area contributed by atoms with E-state index in [0.29, 0.717) is 38.9 Å². The molecule has 1 aromatic heterocycles. The van der Waals surface area contributed by atoms with Gasteiger partial charge in [-0.25, -0.2) is 4.79 Å². The van der Waals surface area contributed by atoms with Gasteiger partial charge in [0.15, 0.2) is 6.10 Å². The molecule has 6 rings (SSSR count). The number of ether oxygens (including phenoxy) is 3. The Kier molecular flexibility index (Phi) is 14.3. The van der Waals surface area contributed by atoms with Crippen molar-refractivity contribution in [3.05, 3.63) is 128 Å². The Bertz CT molecular complexity index is 2060. The number of benzene rings is 4. The van der Waals surface area contributed by atoms with Crippen LogP contribution < -0.4 is 10.5 Å². The molecule has 0 amide bonds. The lowest BCUT2D eigenvalue weighted by molar-refractivity contribution is -0.144. The standard InChI is InChI=1S/C26H33BrN2O4.C17H14ClNO2/c1-3-29(22-12-8-5-9-13-22)16-21-14-20(15-23(27)25(21)28)26(31)33-24(17-32-18(2)30)19-10-6-4-7-11-19;1-11-9-13-10-15(21-2)7-8-16(13)19(11)17(20)12-3-5-14(18)6-4-12/h4,6-7,10-11,14-15,22,24H,3,5,8-9,12-13,16-17,28H2,1-2H3;3-10H,1-2H3. The number of aromatic nitrogens is 1. The number of fused-ring (bicyclic) bond motifs is 1. The lowest BCUT2D eigenvalue weighted by atomic mass is 9.93. The maximum Gasteiger partial charge on any atom is 0.338 e. The number of hydrogen-bond acceptors (Lipinski definition) is 8. The third-order valence-corrected chi connectivity index (χ3v) is 10.6. The van der Waals surface area contributed by atoms with Crippen LogP contribution in [0.3, 0.4) is 0 Å². The number of halogens is 2. The van der Waals surface area contributed by atoms with Gasteiger partial charge in [-0.2, -0.15) is 0 Å². The van der Waals surface area contributed by atoms with E-state index in [0.717, 1.165) is 40.0 Å². The molecule has 1 atom stereocenters. The molecule has 9 nitrogen and oxygen atoms in total. The van der Waals surface area contributed by atoms with E-state index in [-0.39, 0.29) is 12.5 Å².